The summed E-state index contributed by atoms with van der Waals surface area (Å²) in [6, 6.07) is 7.20. The summed E-state index contributed by atoms with van der Waals surface area (Å²) in [6.07, 6.45) is 0.523. The van der Waals surface area contributed by atoms with Gasteiger partial charge in [0.15, 0.2) is 0 Å². The van der Waals surface area contributed by atoms with E-state index >= 15 is 0 Å². The van der Waals surface area contributed by atoms with Gasteiger partial charge in [-0.15, -0.1) is 0 Å². The van der Waals surface area contributed by atoms with E-state index in [0.29, 0.717) is 12.0 Å². The Bertz CT molecular complexity index is 494. The van der Waals surface area contributed by atoms with E-state index in [2.05, 4.69) is 27.9 Å². The number of hydrogen-bond donors (Lipinski definition) is 2. The number of carboxylic acid groups (broad SMARTS) is 1. The summed E-state index contributed by atoms with van der Waals surface area (Å²) in [5, 5.41) is 11.9. The minimum atomic E-state index is -0.872. The number of carboxylic acids is 1. The van der Waals surface area contributed by atoms with Crippen molar-refractivity contribution >= 4 is 34.5 Å². The van der Waals surface area contributed by atoms with Crippen LogP contribution in [0.5, 0.6) is 0 Å². The largest absolute Gasteiger partial charge is 0.481 e. The van der Waals surface area contributed by atoms with E-state index in [1.54, 1.807) is 18.2 Å². The van der Waals surface area contributed by atoms with E-state index in [9.17, 15) is 14.7 Å². The number of aliphatic carboxylic acids is 1. The average molecular weight is 389 g/mol. The quantitative estimate of drug-likeness (QED) is 0.761. The molecule has 1 aromatic carbocycles. The van der Waals surface area contributed by atoms with Crippen molar-refractivity contribution in [3.05, 3.63) is 33.4 Å². The summed E-state index contributed by atoms with van der Waals surface area (Å²) in [5.41, 5.74) is 0.465. The van der Waals surface area contributed by atoms with Gasteiger partial charge in [0.1, 0.15) is 0 Å². The molecule has 0 aliphatic rings. The van der Waals surface area contributed by atoms with E-state index in [0.717, 1.165) is 3.57 Å². The SMILES string of the molecule is CC(C)(C)CC(CNC(=O)c1cccc(I)c1)C(=O)O. The van der Waals surface area contributed by atoms with Gasteiger partial charge in [-0.3, -0.25) is 9.59 Å². The molecule has 1 unspecified atom stereocenters. The van der Waals surface area contributed by atoms with E-state index in [-0.39, 0.29) is 17.9 Å². The second-order valence-corrected chi connectivity index (χ2v) is 7.27. The van der Waals surface area contributed by atoms with E-state index in [4.69, 9.17) is 0 Å². The molecule has 0 fully saturated rings. The minimum absolute atomic E-state index is 0.0874. The zero-order valence-corrected chi connectivity index (χ0v) is 14.1. The van der Waals surface area contributed by atoms with Crippen LogP contribution in [0.4, 0.5) is 0 Å². The molecule has 0 spiro atoms. The van der Waals surface area contributed by atoms with E-state index < -0.39 is 11.9 Å². The van der Waals surface area contributed by atoms with Gasteiger partial charge in [0.25, 0.3) is 5.91 Å². The predicted molar refractivity (Wildman–Crippen MR) is 86.7 cm³/mol. The number of amides is 1. The Morgan fingerprint density at radius 2 is 2.00 bits per heavy atom. The molecule has 1 aromatic rings. The molecule has 1 amide bonds. The molecule has 0 heterocycles. The Labute approximate surface area is 133 Å². The standard InChI is InChI=1S/C15H20INO3/c1-15(2,3)8-11(14(19)20)9-17-13(18)10-5-4-6-12(16)7-10/h4-7,11H,8-9H2,1-3H3,(H,17,18)(H,19,20). The molecule has 0 aromatic heterocycles. The number of halogens is 1. The lowest BCUT2D eigenvalue weighted by Crippen LogP contribution is -2.35. The molecular formula is C15H20INO3. The highest BCUT2D eigenvalue weighted by atomic mass is 127. The van der Waals surface area contributed by atoms with Gasteiger partial charge in [-0.05, 0) is 52.6 Å². The van der Waals surface area contributed by atoms with Gasteiger partial charge in [0, 0.05) is 15.7 Å². The predicted octanol–water partition coefficient (Wildman–Crippen LogP) is 3.16. The van der Waals surface area contributed by atoms with Gasteiger partial charge in [0.2, 0.25) is 0 Å². The first-order chi connectivity index (χ1) is 9.19. The number of nitrogens with one attached hydrogen (secondary N) is 1. The lowest BCUT2D eigenvalue weighted by molar-refractivity contribution is -0.142. The molecule has 110 valence electrons. The average Bonchev–Trinajstić information content (AvgIpc) is 2.32. The van der Waals surface area contributed by atoms with Crippen molar-refractivity contribution < 1.29 is 14.7 Å². The second kappa shape index (κ2) is 7.06. The maximum absolute atomic E-state index is 12.0. The fourth-order valence-corrected chi connectivity index (χ4v) is 2.48. The fourth-order valence-electron chi connectivity index (χ4n) is 1.93. The number of benzene rings is 1. The molecule has 0 aliphatic heterocycles. The third kappa shape index (κ3) is 5.90. The van der Waals surface area contributed by atoms with Crippen LogP contribution in [0.1, 0.15) is 37.6 Å². The van der Waals surface area contributed by atoms with Crippen molar-refractivity contribution in [2.24, 2.45) is 11.3 Å². The monoisotopic (exact) mass is 389 g/mol. The van der Waals surface area contributed by atoms with Crippen LogP contribution in [0.15, 0.2) is 24.3 Å². The maximum atomic E-state index is 12.0. The van der Waals surface area contributed by atoms with Crippen LogP contribution in [0.2, 0.25) is 0 Å². The Kier molecular flexibility index (Phi) is 5.98. The van der Waals surface area contributed by atoms with Crippen LogP contribution >= 0.6 is 22.6 Å². The van der Waals surface area contributed by atoms with Crippen LogP contribution in [-0.4, -0.2) is 23.5 Å². The van der Waals surface area contributed by atoms with Crippen molar-refractivity contribution in [1.29, 1.82) is 0 Å². The molecule has 1 rings (SSSR count). The smallest absolute Gasteiger partial charge is 0.308 e. The highest BCUT2D eigenvalue weighted by Crippen LogP contribution is 2.24. The van der Waals surface area contributed by atoms with Gasteiger partial charge < -0.3 is 10.4 Å². The highest BCUT2D eigenvalue weighted by molar-refractivity contribution is 14.1. The molecular weight excluding hydrogens is 369 g/mol. The summed E-state index contributed by atoms with van der Waals surface area (Å²) >= 11 is 2.13. The van der Waals surface area contributed by atoms with Crippen molar-refractivity contribution in [3.63, 3.8) is 0 Å². The summed E-state index contributed by atoms with van der Waals surface area (Å²) in [7, 11) is 0. The first kappa shape index (κ1) is 16.9. The van der Waals surface area contributed by atoms with Gasteiger partial charge in [-0.25, -0.2) is 0 Å². The number of carbonyl (C=O) groups is 2. The summed E-state index contributed by atoms with van der Waals surface area (Å²) < 4.78 is 0.972. The molecule has 0 radical (unpaired) electrons. The minimum Gasteiger partial charge on any atom is -0.481 e. The third-order valence-electron chi connectivity index (χ3n) is 2.80. The number of carbonyl (C=O) groups excluding carboxylic acids is 1. The van der Waals surface area contributed by atoms with Crippen molar-refractivity contribution in [2.75, 3.05) is 6.54 Å². The topological polar surface area (TPSA) is 66.4 Å². The van der Waals surface area contributed by atoms with E-state index in [1.807, 2.05) is 26.8 Å². The Morgan fingerprint density at radius 1 is 1.35 bits per heavy atom. The molecule has 0 saturated heterocycles. The Hall–Kier alpha value is -1.11. The van der Waals surface area contributed by atoms with Gasteiger partial charge >= 0.3 is 5.97 Å². The maximum Gasteiger partial charge on any atom is 0.308 e. The molecule has 1 atom stereocenters. The molecule has 5 heteroatoms. The molecule has 20 heavy (non-hydrogen) atoms. The van der Waals surface area contributed by atoms with Crippen molar-refractivity contribution in [3.8, 4) is 0 Å². The van der Waals surface area contributed by atoms with Crippen LogP contribution in [0, 0.1) is 14.9 Å². The zero-order valence-electron chi connectivity index (χ0n) is 11.9. The summed E-state index contributed by atoms with van der Waals surface area (Å²) in [6.45, 7) is 6.12. The molecule has 4 nitrogen and oxygen atoms in total. The third-order valence-corrected chi connectivity index (χ3v) is 3.47. The lowest BCUT2D eigenvalue weighted by atomic mass is 9.84. The van der Waals surface area contributed by atoms with Crippen molar-refractivity contribution in [2.45, 2.75) is 27.2 Å². The molecule has 2 N–H and O–H groups in total. The highest BCUT2D eigenvalue weighted by Gasteiger charge is 2.25. The Morgan fingerprint density at radius 3 is 2.50 bits per heavy atom. The van der Waals surface area contributed by atoms with Crippen LogP contribution in [0.3, 0.4) is 0 Å². The Balaban J connectivity index is 2.64. The lowest BCUT2D eigenvalue weighted by Gasteiger charge is -2.23. The van der Waals surface area contributed by atoms with Gasteiger partial charge in [-0.2, -0.15) is 0 Å². The van der Waals surface area contributed by atoms with Crippen molar-refractivity contribution in [1.82, 2.24) is 5.32 Å². The zero-order chi connectivity index (χ0) is 15.3. The molecule has 0 aliphatic carbocycles. The van der Waals surface area contributed by atoms with E-state index in [1.165, 1.54) is 0 Å². The van der Waals surface area contributed by atoms with Crippen LogP contribution in [-0.2, 0) is 4.79 Å². The summed E-state index contributed by atoms with van der Waals surface area (Å²) in [4.78, 5) is 23.2. The molecule has 0 saturated carbocycles. The number of hydrogen-bond acceptors (Lipinski definition) is 2. The normalized spacial score (nSPS) is 12.8. The first-order valence-electron chi connectivity index (χ1n) is 6.45. The second-order valence-electron chi connectivity index (χ2n) is 6.02. The molecule has 0 bridgehead atoms. The fraction of sp³-hybridized carbons (Fsp3) is 0.467. The number of rotatable bonds is 5. The van der Waals surface area contributed by atoms with Crippen LogP contribution < -0.4 is 5.32 Å². The van der Waals surface area contributed by atoms with Gasteiger partial charge in [0.05, 0.1) is 5.92 Å². The summed E-state index contributed by atoms with van der Waals surface area (Å²) in [5.74, 6) is -1.67. The van der Waals surface area contributed by atoms with Gasteiger partial charge in [-0.1, -0.05) is 26.8 Å². The first-order valence-corrected chi connectivity index (χ1v) is 7.53. The van der Waals surface area contributed by atoms with Crippen LogP contribution in [0.25, 0.3) is 0 Å².